The van der Waals surface area contributed by atoms with Crippen LogP contribution in [-0.4, -0.2) is 11.3 Å². The van der Waals surface area contributed by atoms with Gasteiger partial charge in [-0.05, 0) is 12.8 Å². The van der Waals surface area contributed by atoms with Gasteiger partial charge >= 0.3 is 0 Å². The standard InChI is InChI=1S/C12H20N2O2/c13-8-10-7-12(16-14-10)9-15-11-5-3-1-2-4-6-11/h7,11H,1-6,8-9,13H2. The molecule has 1 aliphatic carbocycles. The summed E-state index contributed by atoms with van der Waals surface area (Å²) in [5.41, 5.74) is 6.25. The molecule has 4 heteroatoms. The molecule has 0 aliphatic heterocycles. The highest BCUT2D eigenvalue weighted by Gasteiger charge is 2.13. The van der Waals surface area contributed by atoms with Gasteiger partial charge in [0.05, 0.1) is 11.8 Å². The predicted octanol–water partition coefficient (Wildman–Crippen LogP) is 2.37. The molecule has 1 aliphatic rings. The van der Waals surface area contributed by atoms with Gasteiger partial charge in [-0.25, -0.2) is 0 Å². The number of ether oxygens (including phenoxy) is 1. The van der Waals surface area contributed by atoms with Gasteiger partial charge < -0.3 is 15.0 Å². The summed E-state index contributed by atoms with van der Waals surface area (Å²) < 4.78 is 11.0. The van der Waals surface area contributed by atoms with Gasteiger partial charge in [0.1, 0.15) is 6.61 Å². The van der Waals surface area contributed by atoms with E-state index in [-0.39, 0.29) is 0 Å². The molecule has 1 saturated carbocycles. The van der Waals surface area contributed by atoms with E-state index < -0.39 is 0 Å². The highest BCUT2D eigenvalue weighted by Crippen LogP contribution is 2.20. The minimum atomic E-state index is 0.397. The van der Waals surface area contributed by atoms with E-state index in [9.17, 15) is 0 Å². The topological polar surface area (TPSA) is 61.3 Å². The van der Waals surface area contributed by atoms with Crippen molar-refractivity contribution in [3.8, 4) is 0 Å². The van der Waals surface area contributed by atoms with Crippen LogP contribution in [0.1, 0.15) is 50.0 Å². The summed E-state index contributed by atoms with van der Waals surface area (Å²) in [5.74, 6) is 0.782. The first kappa shape index (κ1) is 11.6. The molecule has 90 valence electrons. The predicted molar refractivity (Wildman–Crippen MR) is 60.7 cm³/mol. The monoisotopic (exact) mass is 224 g/mol. The summed E-state index contributed by atoms with van der Waals surface area (Å²) in [7, 11) is 0. The van der Waals surface area contributed by atoms with E-state index in [4.69, 9.17) is 15.0 Å². The maximum Gasteiger partial charge on any atom is 0.162 e. The summed E-state index contributed by atoms with van der Waals surface area (Å²) >= 11 is 0. The maximum absolute atomic E-state index is 5.83. The first-order valence-electron chi connectivity index (χ1n) is 6.14. The molecule has 0 atom stereocenters. The third-order valence-corrected chi connectivity index (χ3v) is 3.08. The van der Waals surface area contributed by atoms with Crippen molar-refractivity contribution in [2.45, 2.75) is 57.8 Å². The van der Waals surface area contributed by atoms with E-state index in [1.165, 1.54) is 38.5 Å². The first-order chi connectivity index (χ1) is 7.88. The molecular formula is C12H20N2O2. The lowest BCUT2D eigenvalue weighted by molar-refractivity contribution is 0.0195. The van der Waals surface area contributed by atoms with Gasteiger partial charge in [0, 0.05) is 12.6 Å². The lowest BCUT2D eigenvalue weighted by Gasteiger charge is -2.13. The van der Waals surface area contributed by atoms with E-state index in [1.807, 2.05) is 6.07 Å². The molecule has 1 fully saturated rings. The Labute approximate surface area is 96.1 Å². The van der Waals surface area contributed by atoms with Crippen molar-refractivity contribution < 1.29 is 9.26 Å². The average molecular weight is 224 g/mol. The van der Waals surface area contributed by atoms with Gasteiger partial charge in [0.2, 0.25) is 0 Å². The molecule has 2 N–H and O–H groups in total. The van der Waals surface area contributed by atoms with Gasteiger partial charge in [-0.1, -0.05) is 30.8 Å². The number of nitrogens with zero attached hydrogens (tertiary/aromatic N) is 1. The van der Waals surface area contributed by atoms with Crippen molar-refractivity contribution in [1.29, 1.82) is 0 Å². The zero-order valence-corrected chi connectivity index (χ0v) is 9.65. The second-order valence-corrected chi connectivity index (χ2v) is 4.41. The molecule has 16 heavy (non-hydrogen) atoms. The zero-order chi connectivity index (χ0) is 11.2. The fourth-order valence-corrected chi connectivity index (χ4v) is 2.13. The number of aromatic nitrogens is 1. The van der Waals surface area contributed by atoms with Crippen molar-refractivity contribution in [3.63, 3.8) is 0 Å². The molecule has 1 aromatic heterocycles. The Morgan fingerprint density at radius 1 is 1.31 bits per heavy atom. The molecule has 4 nitrogen and oxygen atoms in total. The van der Waals surface area contributed by atoms with Crippen molar-refractivity contribution in [2.24, 2.45) is 5.73 Å². The summed E-state index contributed by atoms with van der Waals surface area (Å²) in [6.45, 7) is 0.949. The van der Waals surface area contributed by atoms with Gasteiger partial charge in [0.15, 0.2) is 5.76 Å². The number of rotatable bonds is 4. The quantitative estimate of drug-likeness (QED) is 0.797. The van der Waals surface area contributed by atoms with Crippen LogP contribution in [0.4, 0.5) is 0 Å². The molecule has 1 heterocycles. The number of hydrogen-bond acceptors (Lipinski definition) is 4. The molecule has 1 aromatic rings. The number of nitrogens with two attached hydrogens (primary N) is 1. The molecule has 0 aromatic carbocycles. The average Bonchev–Trinajstić information content (AvgIpc) is 2.61. The second kappa shape index (κ2) is 6.01. The molecule has 0 unspecified atom stereocenters. The maximum atomic E-state index is 5.83. The van der Waals surface area contributed by atoms with Crippen LogP contribution >= 0.6 is 0 Å². The SMILES string of the molecule is NCc1cc(COC2CCCCCC2)on1. The minimum Gasteiger partial charge on any atom is -0.370 e. The van der Waals surface area contributed by atoms with Crippen LogP contribution in [0.5, 0.6) is 0 Å². The van der Waals surface area contributed by atoms with E-state index in [1.54, 1.807) is 0 Å². The van der Waals surface area contributed by atoms with Gasteiger partial charge in [-0.2, -0.15) is 0 Å². The Morgan fingerprint density at radius 2 is 2.06 bits per heavy atom. The Morgan fingerprint density at radius 3 is 2.69 bits per heavy atom. The molecular weight excluding hydrogens is 204 g/mol. The Balaban J connectivity index is 1.77. The van der Waals surface area contributed by atoms with Gasteiger partial charge in [-0.15, -0.1) is 0 Å². The van der Waals surface area contributed by atoms with E-state index in [0.29, 0.717) is 19.3 Å². The van der Waals surface area contributed by atoms with E-state index in [2.05, 4.69) is 5.16 Å². The molecule has 0 amide bonds. The van der Waals surface area contributed by atoms with Crippen LogP contribution in [-0.2, 0) is 17.9 Å². The first-order valence-corrected chi connectivity index (χ1v) is 6.14. The van der Waals surface area contributed by atoms with E-state index >= 15 is 0 Å². The fraction of sp³-hybridized carbons (Fsp3) is 0.750. The summed E-state index contributed by atoms with van der Waals surface area (Å²) in [6, 6.07) is 1.87. The van der Waals surface area contributed by atoms with Crippen LogP contribution in [0.15, 0.2) is 10.6 Å². The largest absolute Gasteiger partial charge is 0.370 e. The third-order valence-electron chi connectivity index (χ3n) is 3.08. The van der Waals surface area contributed by atoms with Crippen LogP contribution in [0.25, 0.3) is 0 Å². The summed E-state index contributed by atoms with van der Waals surface area (Å²) in [4.78, 5) is 0. The normalized spacial score (nSPS) is 18.6. The Kier molecular flexibility index (Phi) is 4.36. The molecule has 0 spiro atoms. The Bertz CT molecular complexity index is 304. The smallest absolute Gasteiger partial charge is 0.162 e. The molecule has 0 radical (unpaired) electrons. The van der Waals surface area contributed by atoms with Gasteiger partial charge in [0.25, 0.3) is 0 Å². The molecule has 0 bridgehead atoms. The van der Waals surface area contributed by atoms with Gasteiger partial charge in [-0.3, -0.25) is 0 Å². The Hall–Kier alpha value is -0.870. The fourth-order valence-electron chi connectivity index (χ4n) is 2.13. The lowest BCUT2D eigenvalue weighted by Crippen LogP contribution is -2.11. The van der Waals surface area contributed by atoms with Crippen LogP contribution < -0.4 is 5.73 Å². The van der Waals surface area contributed by atoms with E-state index in [0.717, 1.165) is 11.5 Å². The van der Waals surface area contributed by atoms with Crippen LogP contribution in [0.2, 0.25) is 0 Å². The van der Waals surface area contributed by atoms with Crippen LogP contribution in [0.3, 0.4) is 0 Å². The highest BCUT2D eigenvalue weighted by atomic mass is 16.5. The van der Waals surface area contributed by atoms with Crippen molar-refractivity contribution in [1.82, 2.24) is 5.16 Å². The van der Waals surface area contributed by atoms with Crippen LogP contribution in [0, 0.1) is 0 Å². The summed E-state index contributed by atoms with van der Waals surface area (Å²) in [5, 5.41) is 3.84. The molecule has 2 rings (SSSR count). The summed E-state index contributed by atoms with van der Waals surface area (Å²) in [6.07, 6.45) is 8.02. The third kappa shape index (κ3) is 3.32. The molecule has 0 saturated heterocycles. The minimum absolute atomic E-state index is 0.397. The zero-order valence-electron chi connectivity index (χ0n) is 9.65. The van der Waals surface area contributed by atoms with Crippen molar-refractivity contribution in [2.75, 3.05) is 0 Å². The number of hydrogen-bond donors (Lipinski definition) is 1. The highest BCUT2D eigenvalue weighted by molar-refractivity contribution is 5.03. The lowest BCUT2D eigenvalue weighted by atomic mass is 10.1. The van der Waals surface area contributed by atoms with Crippen molar-refractivity contribution in [3.05, 3.63) is 17.5 Å². The second-order valence-electron chi connectivity index (χ2n) is 4.41. The van der Waals surface area contributed by atoms with Crippen molar-refractivity contribution >= 4 is 0 Å².